The van der Waals surface area contributed by atoms with Gasteiger partial charge in [0, 0.05) is 25.0 Å². The summed E-state index contributed by atoms with van der Waals surface area (Å²) in [7, 11) is 0. The van der Waals surface area contributed by atoms with Crippen molar-refractivity contribution in [3.63, 3.8) is 0 Å². The maximum atomic E-state index is 12.4. The van der Waals surface area contributed by atoms with Crippen LogP contribution in [0.2, 0.25) is 0 Å². The molecule has 0 aromatic rings. The molecule has 2 N–H and O–H groups in total. The highest BCUT2D eigenvalue weighted by molar-refractivity contribution is 5.85. The van der Waals surface area contributed by atoms with Gasteiger partial charge in [0.1, 0.15) is 0 Å². The van der Waals surface area contributed by atoms with Crippen molar-refractivity contribution in [2.75, 3.05) is 13.1 Å². The quantitative estimate of drug-likeness (QED) is 0.780. The second-order valence-corrected chi connectivity index (χ2v) is 5.97. The Bertz CT molecular complexity index is 297. The standard InChI is InChI=1S/C13H22N2O.ClH/c14-11-2-1-5-15(8-11)13(16)12-7-9-3-4-10(12)6-9;/h9-12H,1-8,14H2;1H/t9?,10?,11-,12?;/m1./s1. The first kappa shape index (κ1) is 13.2. The van der Waals surface area contributed by atoms with E-state index in [0.29, 0.717) is 17.7 Å². The summed E-state index contributed by atoms with van der Waals surface area (Å²) in [5.41, 5.74) is 5.94. The van der Waals surface area contributed by atoms with Gasteiger partial charge in [-0.05, 0) is 43.9 Å². The summed E-state index contributed by atoms with van der Waals surface area (Å²) in [6.45, 7) is 1.74. The van der Waals surface area contributed by atoms with Gasteiger partial charge in [0.2, 0.25) is 5.91 Å². The zero-order valence-corrected chi connectivity index (χ0v) is 11.1. The van der Waals surface area contributed by atoms with Crippen LogP contribution in [-0.4, -0.2) is 29.9 Å². The number of likely N-dealkylation sites (tertiary alicyclic amines) is 1. The summed E-state index contributed by atoms with van der Waals surface area (Å²) in [6, 6.07) is 0.219. The molecule has 4 heteroatoms. The Morgan fingerprint density at radius 3 is 2.59 bits per heavy atom. The minimum Gasteiger partial charge on any atom is -0.341 e. The number of carbonyl (C=O) groups excluding carboxylic acids is 1. The largest absolute Gasteiger partial charge is 0.341 e. The molecule has 3 aliphatic rings. The fourth-order valence-electron chi connectivity index (χ4n) is 3.99. The molecule has 2 aliphatic carbocycles. The summed E-state index contributed by atoms with van der Waals surface area (Å²) >= 11 is 0. The van der Waals surface area contributed by atoms with Crippen molar-refractivity contribution in [3.8, 4) is 0 Å². The topological polar surface area (TPSA) is 46.3 Å². The number of fused-ring (bicyclic) bond motifs is 2. The van der Waals surface area contributed by atoms with Crippen molar-refractivity contribution in [2.24, 2.45) is 23.5 Å². The fraction of sp³-hybridized carbons (Fsp3) is 0.923. The van der Waals surface area contributed by atoms with E-state index >= 15 is 0 Å². The fourth-order valence-corrected chi connectivity index (χ4v) is 3.99. The van der Waals surface area contributed by atoms with Gasteiger partial charge in [-0.2, -0.15) is 0 Å². The minimum absolute atomic E-state index is 0. The van der Waals surface area contributed by atoms with Gasteiger partial charge in [-0.1, -0.05) is 6.42 Å². The number of nitrogens with two attached hydrogens (primary N) is 1. The van der Waals surface area contributed by atoms with Crippen LogP contribution in [-0.2, 0) is 4.79 Å². The molecule has 98 valence electrons. The molecular formula is C13H23ClN2O. The van der Waals surface area contributed by atoms with Crippen LogP contribution in [0.4, 0.5) is 0 Å². The zero-order chi connectivity index (χ0) is 11.1. The highest BCUT2D eigenvalue weighted by Gasteiger charge is 2.44. The number of piperidine rings is 1. The summed E-state index contributed by atoms with van der Waals surface area (Å²) < 4.78 is 0. The van der Waals surface area contributed by atoms with Gasteiger partial charge in [-0.25, -0.2) is 0 Å². The molecule has 2 bridgehead atoms. The average molecular weight is 259 g/mol. The van der Waals surface area contributed by atoms with E-state index in [1.807, 2.05) is 4.90 Å². The lowest BCUT2D eigenvalue weighted by Gasteiger charge is -2.34. The third kappa shape index (κ3) is 2.45. The molecule has 1 heterocycles. The molecule has 3 fully saturated rings. The van der Waals surface area contributed by atoms with E-state index in [2.05, 4.69) is 0 Å². The molecule has 1 saturated heterocycles. The molecule has 0 spiro atoms. The van der Waals surface area contributed by atoms with Crippen LogP contribution < -0.4 is 5.73 Å². The molecule has 1 amide bonds. The lowest BCUT2D eigenvalue weighted by Crippen LogP contribution is -2.48. The third-order valence-electron chi connectivity index (χ3n) is 4.82. The Kier molecular flexibility index (Phi) is 3.99. The molecule has 0 aromatic carbocycles. The summed E-state index contributed by atoms with van der Waals surface area (Å²) in [5.74, 6) is 2.33. The predicted octanol–water partition coefficient (Wildman–Crippen LogP) is 1.79. The van der Waals surface area contributed by atoms with Crippen molar-refractivity contribution < 1.29 is 4.79 Å². The SMILES string of the molecule is Cl.N[C@@H]1CCCN(C(=O)C2CC3CCC2C3)C1. The smallest absolute Gasteiger partial charge is 0.226 e. The maximum absolute atomic E-state index is 12.4. The maximum Gasteiger partial charge on any atom is 0.226 e. The van der Waals surface area contributed by atoms with Crippen LogP contribution in [0.25, 0.3) is 0 Å². The van der Waals surface area contributed by atoms with E-state index in [-0.39, 0.29) is 18.4 Å². The Balaban J connectivity index is 0.00000108. The number of halogens is 1. The first-order valence-electron chi connectivity index (χ1n) is 6.78. The molecule has 3 rings (SSSR count). The second-order valence-electron chi connectivity index (χ2n) is 5.97. The Morgan fingerprint density at radius 2 is 2.00 bits per heavy atom. The first-order valence-corrected chi connectivity index (χ1v) is 6.78. The number of carbonyl (C=O) groups is 1. The van der Waals surface area contributed by atoms with Crippen LogP contribution in [0.1, 0.15) is 38.5 Å². The number of hydrogen-bond acceptors (Lipinski definition) is 2. The molecule has 0 radical (unpaired) electrons. The molecule has 3 nitrogen and oxygen atoms in total. The van der Waals surface area contributed by atoms with Crippen LogP contribution in [0.5, 0.6) is 0 Å². The lowest BCUT2D eigenvalue weighted by molar-refractivity contribution is -0.138. The van der Waals surface area contributed by atoms with Gasteiger partial charge in [0.25, 0.3) is 0 Å². The molecule has 4 atom stereocenters. The average Bonchev–Trinajstić information content (AvgIpc) is 2.89. The van der Waals surface area contributed by atoms with Crippen LogP contribution >= 0.6 is 12.4 Å². The molecular weight excluding hydrogens is 236 g/mol. The van der Waals surface area contributed by atoms with Gasteiger partial charge in [-0.15, -0.1) is 12.4 Å². The highest BCUT2D eigenvalue weighted by atomic mass is 35.5. The van der Waals surface area contributed by atoms with Crippen molar-refractivity contribution in [1.29, 1.82) is 0 Å². The van der Waals surface area contributed by atoms with Gasteiger partial charge < -0.3 is 10.6 Å². The number of hydrogen-bond donors (Lipinski definition) is 1. The van der Waals surface area contributed by atoms with Crippen molar-refractivity contribution in [1.82, 2.24) is 4.90 Å². The normalized spacial score (nSPS) is 40.2. The first-order chi connectivity index (χ1) is 7.74. The van der Waals surface area contributed by atoms with E-state index in [9.17, 15) is 4.79 Å². The molecule has 17 heavy (non-hydrogen) atoms. The van der Waals surface area contributed by atoms with Crippen molar-refractivity contribution in [2.45, 2.75) is 44.6 Å². The van der Waals surface area contributed by atoms with Gasteiger partial charge >= 0.3 is 0 Å². The van der Waals surface area contributed by atoms with Crippen LogP contribution in [0.15, 0.2) is 0 Å². The van der Waals surface area contributed by atoms with E-state index in [0.717, 1.165) is 38.3 Å². The Morgan fingerprint density at radius 1 is 1.18 bits per heavy atom. The zero-order valence-electron chi connectivity index (χ0n) is 10.3. The minimum atomic E-state index is 0. The van der Waals surface area contributed by atoms with E-state index in [1.165, 1.54) is 19.3 Å². The third-order valence-corrected chi connectivity index (χ3v) is 4.82. The van der Waals surface area contributed by atoms with Gasteiger partial charge in [0.05, 0.1) is 0 Å². The van der Waals surface area contributed by atoms with Crippen LogP contribution in [0, 0.1) is 17.8 Å². The monoisotopic (exact) mass is 258 g/mol. The van der Waals surface area contributed by atoms with Crippen LogP contribution in [0.3, 0.4) is 0 Å². The summed E-state index contributed by atoms with van der Waals surface area (Å²) in [5, 5.41) is 0. The predicted molar refractivity (Wildman–Crippen MR) is 70.0 cm³/mol. The van der Waals surface area contributed by atoms with E-state index in [1.54, 1.807) is 0 Å². The molecule has 3 unspecified atom stereocenters. The van der Waals surface area contributed by atoms with Crippen molar-refractivity contribution >= 4 is 18.3 Å². The summed E-state index contributed by atoms with van der Waals surface area (Å²) in [4.78, 5) is 14.4. The molecule has 2 saturated carbocycles. The van der Waals surface area contributed by atoms with Gasteiger partial charge in [-0.3, -0.25) is 4.79 Å². The molecule has 0 aromatic heterocycles. The van der Waals surface area contributed by atoms with E-state index in [4.69, 9.17) is 5.73 Å². The number of nitrogens with zero attached hydrogens (tertiary/aromatic N) is 1. The number of amides is 1. The lowest BCUT2D eigenvalue weighted by atomic mass is 9.87. The Hall–Kier alpha value is -0.280. The Labute approximate surface area is 110 Å². The second kappa shape index (κ2) is 5.15. The van der Waals surface area contributed by atoms with Crippen molar-refractivity contribution in [3.05, 3.63) is 0 Å². The highest BCUT2D eigenvalue weighted by Crippen LogP contribution is 2.48. The summed E-state index contributed by atoms with van der Waals surface area (Å²) in [6.07, 6.45) is 7.31. The van der Waals surface area contributed by atoms with E-state index < -0.39 is 0 Å². The molecule has 1 aliphatic heterocycles. The number of rotatable bonds is 1. The van der Waals surface area contributed by atoms with Gasteiger partial charge in [0.15, 0.2) is 0 Å².